The lowest BCUT2D eigenvalue weighted by Gasteiger charge is -2.05. The second kappa shape index (κ2) is 8.08. The van der Waals surface area contributed by atoms with Crippen LogP contribution in [0, 0.1) is 6.92 Å². The highest BCUT2D eigenvalue weighted by atomic mass is 16.5. The molecular formula is C18H20N2O2. The molecule has 0 saturated heterocycles. The van der Waals surface area contributed by atoms with E-state index in [1.807, 2.05) is 31.2 Å². The molecule has 0 aliphatic rings. The summed E-state index contributed by atoms with van der Waals surface area (Å²) >= 11 is 0. The molecule has 0 amide bonds. The van der Waals surface area contributed by atoms with Crippen molar-refractivity contribution in [2.75, 3.05) is 6.61 Å². The summed E-state index contributed by atoms with van der Waals surface area (Å²) < 4.78 is 5.08. The van der Waals surface area contributed by atoms with Crippen molar-refractivity contribution < 1.29 is 9.53 Å². The second-order valence-corrected chi connectivity index (χ2v) is 5.04. The average Bonchev–Trinajstić information content (AvgIpc) is 2.52. The predicted octanol–water partition coefficient (Wildman–Crippen LogP) is 3.50. The molecule has 0 aliphatic carbocycles. The average molecular weight is 296 g/mol. The van der Waals surface area contributed by atoms with Crippen LogP contribution < -0.4 is 0 Å². The van der Waals surface area contributed by atoms with E-state index in [0.717, 1.165) is 35.4 Å². The number of hydrogen-bond donors (Lipinski definition) is 0. The fraction of sp³-hybridized carbons (Fsp3) is 0.278. The van der Waals surface area contributed by atoms with Gasteiger partial charge in [0.05, 0.1) is 18.0 Å². The first-order chi connectivity index (χ1) is 10.7. The first-order valence-electron chi connectivity index (χ1n) is 7.36. The van der Waals surface area contributed by atoms with Crippen LogP contribution in [0.15, 0.2) is 48.8 Å². The Balaban J connectivity index is 1.93. The molecule has 4 heteroatoms. The van der Waals surface area contributed by atoms with Crippen molar-refractivity contribution in [3.05, 3.63) is 59.9 Å². The van der Waals surface area contributed by atoms with Crippen LogP contribution in [0.5, 0.6) is 0 Å². The quantitative estimate of drug-likeness (QED) is 0.465. The van der Waals surface area contributed by atoms with Crippen molar-refractivity contribution in [3.8, 4) is 11.4 Å². The molecule has 2 rings (SSSR count). The van der Waals surface area contributed by atoms with Crippen LogP contribution >= 0.6 is 0 Å². The minimum atomic E-state index is -0.290. The number of hydrogen-bond acceptors (Lipinski definition) is 4. The number of aromatic nitrogens is 2. The molecule has 4 nitrogen and oxygen atoms in total. The zero-order valence-corrected chi connectivity index (χ0v) is 13.0. The third kappa shape index (κ3) is 4.81. The number of allylic oxidation sites excluding steroid dienone is 1. The van der Waals surface area contributed by atoms with Gasteiger partial charge in [-0.15, -0.1) is 0 Å². The van der Waals surface area contributed by atoms with Gasteiger partial charge >= 0.3 is 5.97 Å². The molecule has 0 aromatic carbocycles. The van der Waals surface area contributed by atoms with Gasteiger partial charge in [-0.1, -0.05) is 6.08 Å². The van der Waals surface area contributed by atoms with E-state index >= 15 is 0 Å². The molecule has 0 bridgehead atoms. The molecule has 0 radical (unpaired) electrons. The Morgan fingerprint density at radius 3 is 2.64 bits per heavy atom. The largest absolute Gasteiger partial charge is 0.463 e. The van der Waals surface area contributed by atoms with Crippen molar-refractivity contribution >= 4 is 5.97 Å². The highest BCUT2D eigenvalue weighted by Gasteiger charge is 2.03. The molecule has 0 fully saturated rings. The van der Waals surface area contributed by atoms with Crippen molar-refractivity contribution in [1.82, 2.24) is 9.97 Å². The SMILES string of the molecule is CC=CC(=O)OCCCc1ccnc(-c2cc(C)ccn2)c1. The van der Waals surface area contributed by atoms with E-state index in [2.05, 4.69) is 9.97 Å². The molecule has 0 atom stereocenters. The van der Waals surface area contributed by atoms with Crippen LogP contribution in [0.3, 0.4) is 0 Å². The van der Waals surface area contributed by atoms with Gasteiger partial charge in [0.1, 0.15) is 0 Å². The zero-order chi connectivity index (χ0) is 15.8. The van der Waals surface area contributed by atoms with Crippen LogP contribution in [-0.4, -0.2) is 22.5 Å². The number of rotatable bonds is 6. The Morgan fingerprint density at radius 1 is 1.18 bits per heavy atom. The van der Waals surface area contributed by atoms with Crippen LogP contribution in [0.2, 0.25) is 0 Å². The molecule has 22 heavy (non-hydrogen) atoms. The van der Waals surface area contributed by atoms with E-state index in [4.69, 9.17) is 4.74 Å². The van der Waals surface area contributed by atoms with E-state index in [0.29, 0.717) is 6.61 Å². The molecule has 0 spiro atoms. The third-order valence-electron chi connectivity index (χ3n) is 3.16. The summed E-state index contributed by atoms with van der Waals surface area (Å²) in [4.78, 5) is 19.9. The normalized spacial score (nSPS) is 10.8. The number of carbonyl (C=O) groups is 1. The van der Waals surface area contributed by atoms with Crippen molar-refractivity contribution in [2.45, 2.75) is 26.7 Å². The minimum absolute atomic E-state index is 0.290. The highest BCUT2D eigenvalue weighted by Crippen LogP contribution is 2.17. The molecule has 0 saturated carbocycles. The van der Waals surface area contributed by atoms with Gasteiger partial charge < -0.3 is 4.74 Å². The van der Waals surface area contributed by atoms with Gasteiger partial charge in [0.15, 0.2) is 0 Å². The molecule has 114 valence electrons. The Morgan fingerprint density at radius 2 is 1.91 bits per heavy atom. The highest BCUT2D eigenvalue weighted by molar-refractivity contribution is 5.81. The fourth-order valence-electron chi connectivity index (χ4n) is 2.08. The number of aryl methyl sites for hydroxylation is 2. The summed E-state index contributed by atoms with van der Waals surface area (Å²) in [5, 5.41) is 0. The standard InChI is InChI=1S/C18H20N2O2/c1-3-5-18(21)22-11-4-6-15-8-10-20-17(13-15)16-12-14(2)7-9-19-16/h3,5,7-10,12-13H,4,6,11H2,1-2H3. The van der Waals surface area contributed by atoms with Crippen LogP contribution in [0.4, 0.5) is 0 Å². The first kappa shape index (κ1) is 15.9. The first-order valence-corrected chi connectivity index (χ1v) is 7.36. The summed E-state index contributed by atoms with van der Waals surface area (Å²) in [5.41, 5.74) is 4.07. The number of pyridine rings is 2. The molecular weight excluding hydrogens is 276 g/mol. The lowest BCUT2D eigenvalue weighted by molar-refractivity contribution is -0.137. The second-order valence-electron chi connectivity index (χ2n) is 5.04. The fourth-order valence-corrected chi connectivity index (χ4v) is 2.08. The molecule has 2 aromatic heterocycles. The van der Waals surface area contributed by atoms with E-state index in [1.54, 1.807) is 25.4 Å². The zero-order valence-electron chi connectivity index (χ0n) is 13.0. The number of ether oxygens (including phenoxy) is 1. The van der Waals surface area contributed by atoms with Crippen molar-refractivity contribution in [3.63, 3.8) is 0 Å². The number of esters is 1. The van der Waals surface area contributed by atoms with E-state index in [9.17, 15) is 4.79 Å². The van der Waals surface area contributed by atoms with Crippen LogP contribution in [-0.2, 0) is 16.0 Å². The van der Waals surface area contributed by atoms with E-state index in [-0.39, 0.29) is 5.97 Å². The molecule has 2 heterocycles. The maximum absolute atomic E-state index is 11.2. The van der Waals surface area contributed by atoms with Gasteiger partial charge in [0, 0.05) is 18.5 Å². The maximum atomic E-state index is 11.2. The van der Waals surface area contributed by atoms with Crippen LogP contribution in [0.1, 0.15) is 24.5 Å². The maximum Gasteiger partial charge on any atom is 0.330 e. The molecule has 0 N–H and O–H groups in total. The Labute approximate surface area is 130 Å². The van der Waals surface area contributed by atoms with Crippen LogP contribution in [0.25, 0.3) is 11.4 Å². The van der Waals surface area contributed by atoms with Gasteiger partial charge in [-0.25, -0.2) is 4.79 Å². The molecule has 0 unspecified atom stereocenters. The third-order valence-corrected chi connectivity index (χ3v) is 3.16. The van der Waals surface area contributed by atoms with E-state index in [1.165, 1.54) is 6.08 Å². The molecule has 0 aliphatic heterocycles. The van der Waals surface area contributed by atoms with Gasteiger partial charge in [-0.2, -0.15) is 0 Å². The Bertz CT molecular complexity index is 666. The monoisotopic (exact) mass is 296 g/mol. The number of nitrogens with zero attached hydrogens (tertiary/aromatic N) is 2. The summed E-state index contributed by atoms with van der Waals surface area (Å²) in [5.74, 6) is -0.290. The Kier molecular flexibility index (Phi) is 5.83. The summed E-state index contributed by atoms with van der Waals surface area (Å²) in [6.45, 7) is 4.25. The summed E-state index contributed by atoms with van der Waals surface area (Å²) in [7, 11) is 0. The van der Waals surface area contributed by atoms with E-state index < -0.39 is 0 Å². The predicted molar refractivity (Wildman–Crippen MR) is 86.3 cm³/mol. The lowest BCUT2D eigenvalue weighted by atomic mass is 10.1. The summed E-state index contributed by atoms with van der Waals surface area (Å²) in [6, 6.07) is 8.00. The Hall–Kier alpha value is -2.49. The van der Waals surface area contributed by atoms with Gasteiger partial charge in [-0.05, 0) is 62.1 Å². The van der Waals surface area contributed by atoms with Gasteiger partial charge in [-0.3, -0.25) is 9.97 Å². The molecule has 2 aromatic rings. The van der Waals surface area contributed by atoms with Crippen molar-refractivity contribution in [2.24, 2.45) is 0 Å². The minimum Gasteiger partial charge on any atom is -0.463 e. The van der Waals surface area contributed by atoms with Gasteiger partial charge in [0.2, 0.25) is 0 Å². The lowest BCUT2D eigenvalue weighted by Crippen LogP contribution is -2.03. The van der Waals surface area contributed by atoms with Gasteiger partial charge in [0.25, 0.3) is 0 Å². The van der Waals surface area contributed by atoms with Crippen molar-refractivity contribution in [1.29, 1.82) is 0 Å². The number of carbonyl (C=O) groups excluding carboxylic acids is 1. The topological polar surface area (TPSA) is 52.1 Å². The smallest absolute Gasteiger partial charge is 0.330 e. The summed E-state index contributed by atoms with van der Waals surface area (Å²) in [6.07, 6.45) is 8.30.